The van der Waals surface area contributed by atoms with E-state index in [2.05, 4.69) is 11.4 Å². The Morgan fingerprint density at radius 1 is 1.11 bits per heavy atom. The van der Waals surface area contributed by atoms with E-state index < -0.39 is 0 Å². The Hall–Kier alpha value is -0.760. The summed E-state index contributed by atoms with van der Waals surface area (Å²) in [7, 11) is 0. The van der Waals surface area contributed by atoms with Gasteiger partial charge in [0.15, 0.2) is 0 Å². The minimum absolute atomic E-state index is 0.651. The average Bonchev–Trinajstić information content (AvgIpc) is 2.79. The van der Waals surface area contributed by atoms with Gasteiger partial charge >= 0.3 is 0 Å². The zero-order valence-electron chi connectivity index (χ0n) is 11.0. The Labute approximate surface area is 109 Å². The molecule has 4 aliphatic rings. The summed E-state index contributed by atoms with van der Waals surface area (Å²) in [6, 6.07) is 2.06. The normalized spacial score (nSPS) is 41.4. The molecule has 0 radical (unpaired) electrons. The molecule has 0 spiro atoms. The van der Waals surface area contributed by atoms with Crippen molar-refractivity contribution in [1.29, 1.82) is 0 Å². The minimum Gasteiger partial charge on any atom is -0.472 e. The van der Waals surface area contributed by atoms with Crippen LogP contribution >= 0.6 is 0 Å². The molecule has 0 saturated heterocycles. The summed E-state index contributed by atoms with van der Waals surface area (Å²) in [6.45, 7) is 2.19. The van der Waals surface area contributed by atoms with Crippen molar-refractivity contribution in [2.45, 2.75) is 45.1 Å². The van der Waals surface area contributed by atoms with Crippen molar-refractivity contribution in [2.75, 3.05) is 6.54 Å². The van der Waals surface area contributed by atoms with Crippen LogP contribution in [0.15, 0.2) is 23.0 Å². The predicted molar refractivity (Wildman–Crippen MR) is 71.0 cm³/mol. The maximum Gasteiger partial charge on any atom is 0.0947 e. The molecular formula is C16H23NO. The average molecular weight is 245 g/mol. The Kier molecular flexibility index (Phi) is 2.54. The van der Waals surface area contributed by atoms with Gasteiger partial charge in [-0.25, -0.2) is 0 Å². The third kappa shape index (κ3) is 1.91. The van der Waals surface area contributed by atoms with Crippen LogP contribution in [0.4, 0.5) is 0 Å². The van der Waals surface area contributed by atoms with Gasteiger partial charge < -0.3 is 9.73 Å². The summed E-state index contributed by atoms with van der Waals surface area (Å²) < 4.78 is 5.12. The van der Waals surface area contributed by atoms with Gasteiger partial charge in [-0.15, -0.1) is 0 Å². The Balaban J connectivity index is 1.39. The van der Waals surface area contributed by atoms with Crippen molar-refractivity contribution in [3.05, 3.63) is 24.2 Å². The van der Waals surface area contributed by atoms with E-state index in [0.717, 1.165) is 24.3 Å². The Morgan fingerprint density at radius 3 is 2.33 bits per heavy atom. The van der Waals surface area contributed by atoms with Crippen LogP contribution in [-0.4, -0.2) is 6.54 Å². The molecule has 1 heterocycles. The van der Waals surface area contributed by atoms with E-state index in [0.29, 0.717) is 5.41 Å². The Morgan fingerprint density at radius 2 is 1.78 bits per heavy atom. The van der Waals surface area contributed by atoms with Gasteiger partial charge in [-0.1, -0.05) is 0 Å². The summed E-state index contributed by atoms with van der Waals surface area (Å²) >= 11 is 0. The molecule has 18 heavy (non-hydrogen) atoms. The monoisotopic (exact) mass is 245 g/mol. The van der Waals surface area contributed by atoms with Crippen LogP contribution in [0.5, 0.6) is 0 Å². The lowest BCUT2D eigenvalue weighted by Crippen LogP contribution is -2.50. The minimum atomic E-state index is 0.651. The number of hydrogen-bond donors (Lipinski definition) is 1. The highest BCUT2D eigenvalue weighted by atomic mass is 16.3. The lowest BCUT2D eigenvalue weighted by molar-refractivity contribution is -0.0514. The van der Waals surface area contributed by atoms with Crippen molar-refractivity contribution in [3.8, 4) is 0 Å². The second-order valence-electron chi connectivity index (χ2n) is 7.15. The molecule has 4 aliphatic carbocycles. The van der Waals surface area contributed by atoms with Crippen LogP contribution in [-0.2, 0) is 6.54 Å². The first-order chi connectivity index (χ1) is 8.81. The predicted octanol–water partition coefficient (Wildman–Crippen LogP) is 3.59. The molecule has 1 aromatic rings. The van der Waals surface area contributed by atoms with Crippen LogP contribution in [0.1, 0.15) is 44.1 Å². The summed E-state index contributed by atoms with van der Waals surface area (Å²) in [5.74, 6) is 3.19. The lowest BCUT2D eigenvalue weighted by atomic mass is 9.49. The molecule has 0 unspecified atom stereocenters. The van der Waals surface area contributed by atoms with Crippen LogP contribution in [0.25, 0.3) is 0 Å². The van der Waals surface area contributed by atoms with E-state index in [1.807, 2.05) is 6.26 Å². The molecule has 0 aliphatic heterocycles. The summed E-state index contributed by atoms with van der Waals surface area (Å²) in [6.07, 6.45) is 12.7. The van der Waals surface area contributed by atoms with Gasteiger partial charge in [-0.3, -0.25) is 0 Å². The highest BCUT2D eigenvalue weighted by molar-refractivity contribution is 5.06. The number of rotatable bonds is 4. The molecule has 0 aromatic carbocycles. The van der Waals surface area contributed by atoms with Crippen LogP contribution < -0.4 is 5.32 Å². The molecule has 4 bridgehead atoms. The maximum absolute atomic E-state index is 5.12. The summed E-state index contributed by atoms with van der Waals surface area (Å²) in [4.78, 5) is 0. The van der Waals surface area contributed by atoms with E-state index in [1.165, 1.54) is 31.4 Å². The highest BCUT2D eigenvalue weighted by Gasteiger charge is 2.50. The molecule has 0 atom stereocenters. The van der Waals surface area contributed by atoms with E-state index >= 15 is 0 Å². The molecule has 0 amide bonds. The van der Waals surface area contributed by atoms with E-state index in [4.69, 9.17) is 4.42 Å². The SMILES string of the molecule is c1cc(CNCC23CC4CC(CC(C4)C2)C3)co1. The molecule has 2 nitrogen and oxygen atoms in total. The molecule has 1 aromatic heterocycles. The second-order valence-corrected chi connectivity index (χ2v) is 7.15. The number of hydrogen-bond acceptors (Lipinski definition) is 2. The molecule has 5 rings (SSSR count). The van der Waals surface area contributed by atoms with Gasteiger partial charge in [0.05, 0.1) is 12.5 Å². The molecule has 1 N–H and O–H groups in total. The van der Waals surface area contributed by atoms with Crippen molar-refractivity contribution >= 4 is 0 Å². The first kappa shape index (κ1) is 11.1. The van der Waals surface area contributed by atoms with Gasteiger partial charge in [0, 0.05) is 18.7 Å². The van der Waals surface area contributed by atoms with Gasteiger partial charge in [0.1, 0.15) is 0 Å². The molecule has 4 fully saturated rings. The van der Waals surface area contributed by atoms with Gasteiger partial charge in [0.2, 0.25) is 0 Å². The zero-order chi connectivity index (χ0) is 12.0. The second kappa shape index (κ2) is 4.12. The molecule has 2 heteroatoms. The van der Waals surface area contributed by atoms with E-state index in [1.54, 1.807) is 25.5 Å². The first-order valence-electron chi connectivity index (χ1n) is 7.53. The largest absolute Gasteiger partial charge is 0.472 e. The third-order valence-corrected chi connectivity index (χ3v) is 5.57. The molecule has 98 valence electrons. The van der Waals surface area contributed by atoms with Gasteiger partial charge in [-0.05, 0) is 67.8 Å². The molecular weight excluding hydrogens is 222 g/mol. The van der Waals surface area contributed by atoms with E-state index in [-0.39, 0.29) is 0 Å². The molecule has 4 saturated carbocycles. The quantitative estimate of drug-likeness (QED) is 0.877. The van der Waals surface area contributed by atoms with Crippen LogP contribution in [0.3, 0.4) is 0 Å². The number of furan rings is 1. The first-order valence-corrected chi connectivity index (χ1v) is 7.53. The van der Waals surface area contributed by atoms with Crippen molar-refractivity contribution < 1.29 is 4.42 Å². The topological polar surface area (TPSA) is 25.2 Å². The standard InChI is InChI=1S/C16H23NO/c1-2-18-10-12(1)9-17-11-16-6-13-3-14(7-16)5-15(4-13)8-16/h1-2,10,13-15,17H,3-9,11H2. The van der Waals surface area contributed by atoms with Crippen molar-refractivity contribution in [1.82, 2.24) is 5.32 Å². The van der Waals surface area contributed by atoms with Crippen molar-refractivity contribution in [3.63, 3.8) is 0 Å². The smallest absolute Gasteiger partial charge is 0.0947 e. The number of nitrogens with one attached hydrogen (secondary N) is 1. The summed E-state index contributed by atoms with van der Waals surface area (Å²) in [5, 5.41) is 3.68. The van der Waals surface area contributed by atoms with Gasteiger partial charge in [-0.2, -0.15) is 0 Å². The zero-order valence-corrected chi connectivity index (χ0v) is 11.0. The van der Waals surface area contributed by atoms with Crippen LogP contribution in [0, 0.1) is 23.2 Å². The highest BCUT2D eigenvalue weighted by Crippen LogP contribution is 2.59. The fraction of sp³-hybridized carbons (Fsp3) is 0.750. The lowest BCUT2D eigenvalue weighted by Gasteiger charge is -2.57. The third-order valence-electron chi connectivity index (χ3n) is 5.57. The summed E-state index contributed by atoms with van der Waals surface area (Å²) in [5.41, 5.74) is 1.93. The van der Waals surface area contributed by atoms with Crippen molar-refractivity contribution in [2.24, 2.45) is 23.2 Å². The maximum atomic E-state index is 5.12. The Bertz CT molecular complexity index is 373. The van der Waals surface area contributed by atoms with E-state index in [9.17, 15) is 0 Å². The van der Waals surface area contributed by atoms with Crippen LogP contribution in [0.2, 0.25) is 0 Å². The fourth-order valence-corrected chi connectivity index (χ4v) is 5.37. The van der Waals surface area contributed by atoms with Gasteiger partial charge in [0.25, 0.3) is 0 Å². The fourth-order valence-electron chi connectivity index (χ4n) is 5.37.